The van der Waals surface area contributed by atoms with Crippen LogP contribution in [0.15, 0.2) is 24.4 Å². The number of phenols is 1. The fraction of sp³-hybridized carbons (Fsp3) is 0.308. The zero-order valence-corrected chi connectivity index (χ0v) is 9.93. The Labute approximate surface area is 99.4 Å². The molecule has 0 fully saturated rings. The molecule has 0 bridgehead atoms. The molecular formula is C13H15NO3. The summed E-state index contributed by atoms with van der Waals surface area (Å²) in [6, 6.07) is 5.25. The van der Waals surface area contributed by atoms with Crippen LogP contribution in [0.2, 0.25) is 0 Å². The Hall–Kier alpha value is -1.97. The number of hydrogen-bond acceptors (Lipinski definition) is 3. The molecule has 0 atom stereocenters. The van der Waals surface area contributed by atoms with Crippen LogP contribution < -0.4 is 0 Å². The van der Waals surface area contributed by atoms with Gasteiger partial charge < -0.3 is 14.4 Å². The van der Waals surface area contributed by atoms with E-state index in [1.807, 2.05) is 23.9 Å². The van der Waals surface area contributed by atoms with Gasteiger partial charge in [0.2, 0.25) is 0 Å². The minimum absolute atomic E-state index is 0.208. The summed E-state index contributed by atoms with van der Waals surface area (Å²) in [5, 5.41) is 10.5. The summed E-state index contributed by atoms with van der Waals surface area (Å²) in [6.07, 6.45) is 3.00. The lowest BCUT2D eigenvalue weighted by molar-refractivity contribution is -0.140. The summed E-state index contributed by atoms with van der Waals surface area (Å²) in [4.78, 5) is 11.1. The van der Waals surface area contributed by atoms with Crippen molar-refractivity contribution in [2.24, 2.45) is 7.05 Å². The molecule has 0 radical (unpaired) electrons. The summed E-state index contributed by atoms with van der Waals surface area (Å²) in [7, 11) is 3.31. The van der Waals surface area contributed by atoms with Crippen LogP contribution >= 0.6 is 0 Å². The molecule has 1 aromatic heterocycles. The summed E-state index contributed by atoms with van der Waals surface area (Å²) < 4.78 is 6.57. The van der Waals surface area contributed by atoms with Crippen molar-refractivity contribution in [3.05, 3.63) is 30.0 Å². The van der Waals surface area contributed by atoms with Crippen LogP contribution in [0.25, 0.3) is 10.9 Å². The van der Waals surface area contributed by atoms with E-state index in [-0.39, 0.29) is 11.7 Å². The first-order valence-electron chi connectivity index (χ1n) is 5.45. The second-order valence-corrected chi connectivity index (χ2v) is 4.04. The van der Waals surface area contributed by atoms with Gasteiger partial charge in [0, 0.05) is 31.1 Å². The van der Waals surface area contributed by atoms with Crippen LogP contribution in [-0.4, -0.2) is 22.8 Å². The second kappa shape index (κ2) is 4.49. The number of ether oxygens (including phenoxy) is 1. The topological polar surface area (TPSA) is 51.5 Å². The van der Waals surface area contributed by atoms with E-state index in [2.05, 4.69) is 4.74 Å². The average Bonchev–Trinajstić information content (AvgIpc) is 2.63. The molecule has 0 unspecified atom stereocenters. The maximum Gasteiger partial charge on any atom is 0.305 e. The van der Waals surface area contributed by atoms with Crippen molar-refractivity contribution in [2.45, 2.75) is 12.8 Å². The number of rotatable bonds is 3. The first-order valence-corrected chi connectivity index (χ1v) is 5.45. The van der Waals surface area contributed by atoms with Crippen molar-refractivity contribution >= 4 is 16.9 Å². The van der Waals surface area contributed by atoms with Crippen LogP contribution in [0.5, 0.6) is 5.75 Å². The number of methoxy groups -OCH3 is 1. The Morgan fingerprint density at radius 3 is 2.94 bits per heavy atom. The van der Waals surface area contributed by atoms with E-state index < -0.39 is 0 Å². The normalized spacial score (nSPS) is 10.7. The Morgan fingerprint density at radius 2 is 2.24 bits per heavy atom. The van der Waals surface area contributed by atoms with Gasteiger partial charge in [0.15, 0.2) is 0 Å². The van der Waals surface area contributed by atoms with E-state index in [9.17, 15) is 9.90 Å². The van der Waals surface area contributed by atoms with E-state index >= 15 is 0 Å². The van der Waals surface area contributed by atoms with Gasteiger partial charge in [-0.15, -0.1) is 0 Å². The molecule has 0 amide bonds. The van der Waals surface area contributed by atoms with Gasteiger partial charge in [0.05, 0.1) is 12.6 Å². The summed E-state index contributed by atoms with van der Waals surface area (Å²) in [5.74, 6) is 0.0407. The van der Waals surface area contributed by atoms with E-state index in [0.29, 0.717) is 12.8 Å². The van der Waals surface area contributed by atoms with Crippen LogP contribution in [0.4, 0.5) is 0 Å². The number of aromatic nitrogens is 1. The number of aryl methyl sites for hydroxylation is 2. The van der Waals surface area contributed by atoms with Gasteiger partial charge >= 0.3 is 5.97 Å². The highest BCUT2D eigenvalue weighted by molar-refractivity contribution is 5.85. The molecule has 1 heterocycles. The van der Waals surface area contributed by atoms with Gasteiger partial charge in [-0.25, -0.2) is 0 Å². The van der Waals surface area contributed by atoms with Crippen LogP contribution in [-0.2, 0) is 23.0 Å². The Kier molecular flexibility index (Phi) is 3.04. The Balaban J connectivity index is 2.32. The monoisotopic (exact) mass is 233 g/mol. The molecule has 1 aromatic carbocycles. The van der Waals surface area contributed by atoms with Gasteiger partial charge in [-0.2, -0.15) is 0 Å². The van der Waals surface area contributed by atoms with Crippen molar-refractivity contribution in [2.75, 3.05) is 7.11 Å². The zero-order chi connectivity index (χ0) is 12.4. The molecule has 4 heteroatoms. The van der Waals surface area contributed by atoms with Gasteiger partial charge in [-0.05, 0) is 24.1 Å². The highest BCUT2D eigenvalue weighted by Gasteiger charge is 2.09. The van der Waals surface area contributed by atoms with Crippen molar-refractivity contribution < 1.29 is 14.6 Å². The predicted octanol–water partition coefficient (Wildman–Crippen LogP) is 1.99. The minimum Gasteiger partial charge on any atom is -0.508 e. The molecule has 90 valence electrons. The lowest BCUT2D eigenvalue weighted by Gasteiger charge is -1.99. The maximum atomic E-state index is 11.1. The quantitative estimate of drug-likeness (QED) is 0.825. The second-order valence-electron chi connectivity index (χ2n) is 4.04. The number of carbonyl (C=O) groups excluding carboxylic acids is 1. The number of hydrogen-bond donors (Lipinski definition) is 1. The molecule has 0 saturated heterocycles. The van der Waals surface area contributed by atoms with Gasteiger partial charge in [0.1, 0.15) is 5.75 Å². The van der Waals surface area contributed by atoms with Crippen molar-refractivity contribution in [3.8, 4) is 5.75 Å². The summed E-state index contributed by atoms with van der Waals surface area (Å²) >= 11 is 0. The van der Waals surface area contributed by atoms with E-state index in [4.69, 9.17) is 0 Å². The standard InChI is InChI=1S/C13H15NO3/c1-14-8-9(3-6-13(16)17-2)11-5-4-10(15)7-12(11)14/h4-5,7-8,15H,3,6H2,1-2H3. The van der Waals surface area contributed by atoms with E-state index in [1.54, 1.807) is 12.1 Å². The largest absolute Gasteiger partial charge is 0.508 e. The molecule has 0 aliphatic rings. The fourth-order valence-electron chi connectivity index (χ4n) is 1.99. The minimum atomic E-state index is -0.208. The number of nitrogens with zero attached hydrogens (tertiary/aromatic N) is 1. The first-order chi connectivity index (χ1) is 8.11. The smallest absolute Gasteiger partial charge is 0.305 e. The molecule has 17 heavy (non-hydrogen) atoms. The summed E-state index contributed by atoms with van der Waals surface area (Å²) in [6.45, 7) is 0. The van der Waals surface area contributed by atoms with E-state index in [0.717, 1.165) is 16.5 Å². The maximum absolute atomic E-state index is 11.1. The molecule has 2 rings (SSSR count). The molecular weight excluding hydrogens is 218 g/mol. The van der Waals surface area contributed by atoms with Gasteiger partial charge in [-0.3, -0.25) is 4.79 Å². The summed E-state index contributed by atoms with van der Waals surface area (Å²) in [5.41, 5.74) is 2.05. The third-order valence-corrected chi connectivity index (χ3v) is 2.88. The number of esters is 1. The Bertz CT molecular complexity index is 557. The van der Waals surface area contributed by atoms with Gasteiger partial charge in [-0.1, -0.05) is 0 Å². The van der Waals surface area contributed by atoms with Crippen LogP contribution in [0.1, 0.15) is 12.0 Å². The van der Waals surface area contributed by atoms with E-state index in [1.165, 1.54) is 7.11 Å². The number of benzene rings is 1. The molecule has 0 saturated carbocycles. The molecule has 0 spiro atoms. The van der Waals surface area contributed by atoms with Crippen molar-refractivity contribution in [1.29, 1.82) is 0 Å². The molecule has 0 aliphatic carbocycles. The number of carbonyl (C=O) groups is 1. The highest BCUT2D eigenvalue weighted by Crippen LogP contribution is 2.25. The first kappa shape index (κ1) is 11.5. The molecule has 2 aromatic rings. The van der Waals surface area contributed by atoms with Crippen LogP contribution in [0.3, 0.4) is 0 Å². The predicted molar refractivity (Wildman–Crippen MR) is 64.9 cm³/mol. The lowest BCUT2D eigenvalue weighted by atomic mass is 10.1. The molecule has 0 aliphatic heterocycles. The average molecular weight is 233 g/mol. The SMILES string of the molecule is COC(=O)CCc1cn(C)c2cc(O)ccc12. The fourth-order valence-corrected chi connectivity index (χ4v) is 1.99. The third-order valence-electron chi connectivity index (χ3n) is 2.88. The van der Waals surface area contributed by atoms with Crippen molar-refractivity contribution in [3.63, 3.8) is 0 Å². The number of phenolic OH excluding ortho intramolecular Hbond substituents is 1. The van der Waals surface area contributed by atoms with Gasteiger partial charge in [0.25, 0.3) is 0 Å². The lowest BCUT2D eigenvalue weighted by Crippen LogP contribution is -2.01. The number of fused-ring (bicyclic) bond motifs is 1. The highest BCUT2D eigenvalue weighted by atomic mass is 16.5. The molecule has 4 nitrogen and oxygen atoms in total. The number of aromatic hydroxyl groups is 1. The van der Waals surface area contributed by atoms with Crippen molar-refractivity contribution in [1.82, 2.24) is 4.57 Å². The molecule has 1 N–H and O–H groups in total. The van der Waals surface area contributed by atoms with Crippen LogP contribution in [0, 0.1) is 0 Å². The third kappa shape index (κ3) is 2.25. The zero-order valence-electron chi connectivity index (χ0n) is 9.93. The Morgan fingerprint density at radius 1 is 1.47 bits per heavy atom.